The van der Waals surface area contributed by atoms with Crippen LogP contribution in [0.1, 0.15) is 16.8 Å². The number of nitrogens with one attached hydrogen (secondary N) is 1. The van der Waals surface area contributed by atoms with Gasteiger partial charge in [-0.25, -0.2) is 9.37 Å². The van der Waals surface area contributed by atoms with Crippen molar-refractivity contribution in [1.82, 2.24) is 9.55 Å². The second kappa shape index (κ2) is 8.59. The molecule has 2 aromatic heterocycles. The van der Waals surface area contributed by atoms with Gasteiger partial charge in [-0.05, 0) is 66.4 Å². The SMILES string of the molecule is Cc1c(Cc2ccccc2SNc2ccccn2)c2cc(F)ccc2n1CC(=O)O. The van der Waals surface area contributed by atoms with Crippen molar-refractivity contribution in [2.45, 2.75) is 24.8 Å². The van der Waals surface area contributed by atoms with Crippen molar-refractivity contribution < 1.29 is 14.3 Å². The molecule has 0 atom stereocenters. The number of carboxylic acids is 1. The average molecular weight is 421 g/mol. The van der Waals surface area contributed by atoms with Crippen molar-refractivity contribution in [2.24, 2.45) is 0 Å². The Morgan fingerprint density at radius 1 is 1.17 bits per heavy atom. The Morgan fingerprint density at radius 2 is 1.97 bits per heavy atom. The van der Waals surface area contributed by atoms with Gasteiger partial charge in [0.2, 0.25) is 0 Å². The Bertz CT molecular complexity index is 1210. The average Bonchev–Trinajstić information content (AvgIpc) is 2.98. The maximum absolute atomic E-state index is 14.0. The Labute approximate surface area is 177 Å². The van der Waals surface area contributed by atoms with Gasteiger partial charge in [-0.1, -0.05) is 24.3 Å². The molecule has 0 saturated heterocycles. The van der Waals surface area contributed by atoms with E-state index in [0.717, 1.165) is 38.4 Å². The zero-order valence-corrected chi connectivity index (χ0v) is 17.1. The maximum Gasteiger partial charge on any atom is 0.323 e. The quantitative estimate of drug-likeness (QED) is 0.398. The molecule has 2 heterocycles. The number of rotatable bonds is 7. The number of hydrogen-bond acceptors (Lipinski definition) is 4. The number of nitrogens with zero attached hydrogens (tertiary/aromatic N) is 2. The molecule has 0 aliphatic rings. The summed E-state index contributed by atoms with van der Waals surface area (Å²) in [4.78, 5) is 16.7. The first kappa shape index (κ1) is 20.0. The summed E-state index contributed by atoms with van der Waals surface area (Å²) in [6.07, 6.45) is 2.29. The van der Waals surface area contributed by atoms with E-state index in [1.807, 2.05) is 49.4 Å². The zero-order chi connectivity index (χ0) is 21.1. The smallest absolute Gasteiger partial charge is 0.323 e. The van der Waals surface area contributed by atoms with Crippen LogP contribution in [-0.4, -0.2) is 20.6 Å². The highest BCUT2D eigenvalue weighted by Gasteiger charge is 2.18. The van der Waals surface area contributed by atoms with Gasteiger partial charge in [0.25, 0.3) is 0 Å². The minimum Gasteiger partial charge on any atom is -0.480 e. The van der Waals surface area contributed by atoms with Crippen molar-refractivity contribution in [3.05, 3.63) is 89.5 Å². The van der Waals surface area contributed by atoms with E-state index in [4.69, 9.17) is 0 Å². The van der Waals surface area contributed by atoms with E-state index >= 15 is 0 Å². The first-order chi connectivity index (χ1) is 14.5. The Kier molecular flexibility index (Phi) is 5.72. The van der Waals surface area contributed by atoms with E-state index in [-0.39, 0.29) is 12.4 Å². The summed E-state index contributed by atoms with van der Waals surface area (Å²) < 4.78 is 19.0. The topological polar surface area (TPSA) is 67.2 Å². The zero-order valence-electron chi connectivity index (χ0n) is 16.3. The molecular weight excluding hydrogens is 401 g/mol. The van der Waals surface area contributed by atoms with Crippen molar-refractivity contribution >= 4 is 34.6 Å². The molecule has 2 aromatic carbocycles. The summed E-state index contributed by atoms with van der Waals surface area (Å²) >= 11 is 1.46. The number of aliphatic carboxylic acids is 1. The van der Waals surface area contributed by atoms with Gasteiger partial charge in [-0.2, -0.15) is 0 Å². The van der Waals surface area contributed by atoms with Crippen molar-refractivity contribution in [3.8, 4) is 0 Å². The maximum atomic E-state index is 14.0. The molecule has 5 nitrogen and oxygen atoms in total. The van der Waals surface area contributed by atoms with Crippen LogP contribution in [0, 0.1) is 12.7 Å². The third-order valence-corrected chi connectivity index (χ3v) is 5.91. The number of pyridine rings is 1. The largest absolute Gasteiger partial charge is 0.480 e. The van der Waals surface area contributed by atoms with E-state index in [1.54, 1.807) is 16.8 Å². The monoisotopic (exact) mass is 421 g/mol. The second-order valence-corrected chi connectivity index (χ2v) is 7.76. The minimum atomic E-state index is -0.929. The van der Waals surface area contributed by atoms with Crippen LogP contribution in [0.5, 0.6) is 0 Å². The number of carboxylic acid groups (broad SMARTS) is 1. The number of aromatic nitrogens is 2. The predicted octanol–water partition coefficient (Wildman–Crippen LogP) is 5.28. The van der Waals surface area contributed by atoms with Crippen LogP contribution in [0.3, 0.4) is 0 Å². The molecule has 0 fully saturated rings. The number of benzene rings is 2. The summed E-state index contributed by atoms with van der Waals surface area (Å²) in [6, 6.07) is 18.1. The van der Waals surface area contributed by atoms with Crippen molar-refractivity contribution in [2.75, 3.05) is 4.72 Å². The standard InChI is InChI=1S/C23H20FN3O2S/c1-15-18(19-13-17(24)9-10-20(19)27(15)14-23(28)29)12-16-6-2-3-7-21(16)30-26-22-8-4-5-11-25-22/h2-11,13H,12,14H2,1H3,(H,25,26)(H,28,29). The predicted molar refractivity (Wildman–Crippen MR) is 117 cm³/mol. The molecular formula is C23H20FN3O2S. The van der Waals surface area contributed by atoms with Crippen LogP contribution < -0.4 is 4.72 Å². The summed E-state index contributed by atoms with van der Waals surface area (Å²) in [5, 5.41) is 10.1. The number of halogens is 1. The highest BCUT2D eigenvalue weighted by atomic mass is 32.2. The first-order valence-corrected chi connectivity index (χ1v) is 10.3. The van der Waals surface area contributed by atoms with Gasteiger partial charge in [0, 0.05) is 34.1 Å². The van der Waals surface area contributed by atoms with Gasteiger partial charge in [0.05, 0.1) is 0 Å². The number of anilines is 1. The molecule has 0 bridgehead atoms. The second-order valence-electron chi connectivity index (χ2n) is 6.91. The van der Waals surface area contributed by atoms with Gasteiger partial charge < -0.3 is 14.4 Å². The summed E-state index contributed by atoms with van der Waals surface area (Å²) in [5.41, 5.74) is 3.54. The number of carbonyl (C=O) groups is 1. The van der Waals surface area contributed by atoms with Gasteiger partial charge >= 0.3 is 5.97 Å². The molecule has 0 saturated carbocycles. The van der Waals surface area contributed by atoms with Crippen LogP contribution in [-0.2, 0) is 17.8 Å². The van der Waals surface area contributed by atoms with Crippen LogP contribution in [0.15, 0.2) is 71.8 Å². The highest BCUT2D eigenvalue weighted by molar-refractivity contribution is 8.00. The van der Waals surface area contributed by atoms with E-state index in [2.05, 4.69) is 9.71 Å². The lowest BCUT2D eigenvalue weighted by molar-refractivity contribution is -0.137. The highest BCUT2D eigenvalue weighted by Crippen LogP contribution is 2.32. The summed E-state index contributed by atoms with van der Waals surface area (Å²) in [5.74, 6) is -0.509. The minimum absolute atomic E-state index is 0.161. The van der Waals surface area contributed by atoms with Crippen molar-refractivity contribution in [3.63, 3.8) is 0 Å². The molecule has 30 heavy (non-hydrogen) atoms. The Morgan fingerprint density at radius 3 is 2.73 bits per heavy atom. The van der Waals surface area contributed by atoms with E-state index < -0.39 is 5.97 Å². The molecule has 0 radical (unpaired) electrons. The molecule has 0 amide bonds. The van der Waals surface area contributed by atoms with Crippen LogP contribution >= 0.6 is 11.9 Å². The fourth-order valence-electron chi connectivity index (χ4n) is 3.56. The molecule has 7 heteroatoms. The Hall–Kier alpha value is -3.32. The summed E-state index contributed by atoms with van der Waals surface area (Å²) in [6.45, 7) is 1.73. The molecule has 4 aromatic rings. The number of hydrogen-bond donors (Lipinski definition) is 2. The molecule has 152 valence electrons. The van der Waals surface area contributed by atoms with Crippen molar-refractivity contribution in [1.29, 1.82) is 0 Å². The first-order valence-electron chi connectivity index (χ1n) is 9.43. The lowest BCUT2D eigenvalue weighted by Gasteiger charge is -2.11. The normalized spacial score (nSPS) is 11.0. The molecule has 0 aliphatic carbocycles. The van der Waals surface area contributed by atoms with Crippen LogP contribution in [0.2, 0.25) is 0 Å². The third-order valence-electron chi connectivity index (χ3n) is 4.98. The van der Waals surface area contributed by atoms with Crippen LogP contribution in [0.25, 0.3) is 10.9 Å². The Balaban J connectivity index is 1.70. The lowest BCUT2D eigenvalue weighted by Crippen LogP contribution is -2.10. The molecule has 0 aliphatic heterocycles. The molecule has 0 spiro atoms. The number of fused-ring (bicyclic) bond motifs is 1. The molecule has 4 rings (SSSR count). The fraction of sp³-hybridized carbons (Fsp3) is 0.130. The summed E-state index contributed by atoms with van der Waals surface area (Å²) in [7, 11) is 0. The van der Waals surface area contributed by atoms with Gasteiger partial charge in [-0.3, -0.25) is 4.79 Å². The van der Waals surface area contributed by atoms with E-state index in [9.17, 15) is 14.3 Å². The van der Waals surface area contributed by atoms with Gasteiger partial charge in [-0.15, -0.1) is 0 Å². The third kappa shape index (κ3) is 4.16. The van der Waals surface area contributed by atoms with E-state index in [1.165, 1.54) is 24.1 Å². The molecule has 2 N–H and O–H groups in total. The van der Waals surface area contributed by atoms with Crippen LogP contribution in [0.4, 0.5) is 10.2 Å². The lowest BCUT2D eigenvalue weighted by atomic mass is 10.0. The molecule has 0 unspecified atom stereocenters. The van der Waals surface area contributed by atoms with Gasteiger partial charge in [0.1, 0.15) is 18.2 Å². The van der Waals surface area contributed by atoms with Gasteiger partial charge in [0.15, 0.2) is 0 Å². The van der Waals surface area contributed by atoms with E-state index in [0.29, 0.717) is 6.42 Å². The fourth-order valence-corrected chi connectivity index (χ4v) is 4.31.